The maximum absolute atomic E-state index is 11.6. The standard InChI is InChI=1S/C8H12N2O6S2/c1-5-9(7(11)3-17(5,13)14)10-6(2)18(15,16)4-8(10)12/h5-6H,3-4H2,1-2H3/t5-,6+. The Hall–Kier alpha value is -1.16. The number of carbonyl (C=O) groups excluding carboxylic acids is 2. The van der Waals surface area contributed by atoms with E-state index in [0.29, 0.717) is 0 Å². The fourth-order valence-electron chi connectivity index (χ4n) is 2.02. The van der Waals surface area contributed by atoms with Crippen LogP contribution in [0.15, 0.2) is 0 Å². The van der Waals surface area contributed by atoms with E-state index >= 15 is 0 Å². The van der Waals surface area contributed by atoms with Crippen LogP contribution in [0.1, 0.15) is 13.8 Å². The maximum Gasteiger partial charge on any atom is 0.257 e. The zero-order chi connectivity index (χ0) is 13.9. The van der Waals surface area contributed by atoms with Gasteiger partial charge in [-0.1, -0.05) is 0 Å². The summed E-state index contributed by atoms with van der Waals surface area (Å²) < 4.78 is 46.3. The molecule has 0 aliphatic carbocycles. The maximum atomic E-state index is 11.6. The van der Waals surface area contributed by atoms with Gasteiger partial charge in [0.05, 0.1) is 0 Å². The van der Waals surface area contributed by atoms with E-state index in [9.17, 15) is 26.4 Å². The quantitative estimate of drug-likeness (QED) is 0.559. The van der Waals surface area contributed by atoms with Crippen LogP contribution in [0.25, 0.3) is 0 Å². The average molecular weight is 296 g/mol. The summed E-state index contributed by atoms with van der Waals surface area (Å²) in [6, 6.07) is 0. The number of hydrogen-bond acceptors (Lipinski definition) is 6. The predicted molar refractivity (Wildman–Crippen MR) is 60.2 cm³/mol. The summed E-state index contributed by atoms with van der Waals surface area (Å²) in [6.45, 7) is 2.51. The minimum atomic E-state index is -3.66. The van der Waals surface area contributed by atoms with E-state index in [-0.39, 0.29) is 0 Å². The van der Waals surface area contributed by atoms with Gasteiger partial charge < -0.3 is 0 Å². The predicted octanol–water partition coefficient (Wildman–Crippen LogP) is -1.89. The molecular formula is C8H12N2O6S2. The van der Waals surface area contributed by atoms with E-state index < -0.39 is 53.7 Å². The molecule has 0 aromatic rings. The first-order chi connectivity index (χ1) is 8.08. The highest BCUT2D eigenvalue weighted by Crippen LogP contribution is 2.28. The lowest BCUT2D eigenvalue weighted by molar-refractivity contribution is -0.160. The summed E-state index contributed by atoms with van der Waals surface area (Å²) >= 11 is 0. The van der Waals surface area contributed by atoms with E-state index in [0.717, 1.165) is 10.0 Å². The minimum Gasteiger partial charge on any atom is -0.272 e. The molecule has 0 unspecified atom stereocenters. The lowest BCUT2D eigenvalue weighted by Gasteiger charge is -2.32. The van der Waals surface area contributed by atoms with Crippen LogP contribution in [0.3, 0.4) is 0 Å². The molecule has 0 bridgehead atoms. The molecule has 2 rings (SSSR count). The molecule has 0 aromatic carbocycles. The largest absolute Gasteiger partial charge is 0.272 e. The molecule has 0 aromatic heterocycles. The van der Waals surface area contributed by atoms with Crippen molar-refractivity contribution in [1.29, 1.82) is 0 Å². The molecule has 2 heterocycles. The smallest absolute Gasteiger partial charge is 0.257 e. The molecule has 0 spiro atoms. The molecule has 2 amide bonds. The molecule has 10 heteroatoms. The highest BCUT2D eigenvalue weighted by Gasteiger charge is 2.52. The minimum absolute atomic E-state index is 0.704. The average Bonchev–Trinajstić information content (AvgIpc) is 2.50. The summed E-state index contributed by atoms with van der Waals surface area (Å²) in [5, 5.41) is -0.950. The van der Waals surface area contributed by atoms with Crippen molar-refractivity contribution in [2.75, 3.05) is 11.5 Å². The fourth-order valence-corrected chi connectivity index (χ4v) is 4.50. The van der Waals surface area contributed by atoms with E-state index in [1.807, 2.05) is 0 Å². The number of hydrazine groups is 1. The lowest BCUT2D eigenvalue weighted by atomic mass is 10.5. The number of hydrogen-bond donors (Lipinski definition) is 0. The molecule has 0 N–H and O–H groups in total. The third kappa shape index (κ3) is 1.70. The monoisotopic (exact) mass is 296 g/mol. The molecular weight excluding hydrogens is 284 g/mol. The van der Waals surface area contributed by atoms with Crippen molar-refractivity contribution in [1.82, 2.24) is 10.0 Å². The molecule has 2 saturated heterocycles. The zero-order valence-electron chi connectivity index (χ0n) is 9.73. The SMILES string of the molecule is C[C@@H]1N(N2C(=O)CS(=O)(=O)[C@H]2C)C(=O)CS1(=O)=O. The van der Waals surface area contributed by atoms with Crippen molar-refractivity contribution in [3.05, 3.63) is 0 Å². The van der Waals surface area contributed by atoms with E-state index in [4.69, 9.17) is 0 Å². The van der Waals surface area contributed by atoms with Gasteiger partial charge in [0.25, 0.3) is 11.8 Å². The molecule has 102 valence electrons. The Morgan fingerprint density at radius 1 is 0.833 bits per heavy atom. The van der Waals surface area contributed by atoms with Crippen LogP contribution < -0.4 is 0 Å². The summed E-state index contributed by atoms with van der Waals surface area (Å²) in [5.74, 6) is -2.96. The van der Waals surface area contributed by atoms with Gasteiger partial charge in [-0.25, -0.2) is 26.9 Å². The fraction of sp³-hybridized carbons (Fsp3) is 0.750. The van der Waals surface area contributed by atoms with Crippen LogP contribution in [-0.2, 0) is 29.3 Å². The van der Waals surface area contributed by atoms with Gasteiger partial charge in [-0.3, -0.25) is 9.59 Å². The van der Waals surface area contributed by atoms with Gasteiger partial charge >= 0.3 is 0 Å². The van der Waals surface area contributed by atoms with E-state index in [1.165, 1.54) is 13.8 Å². The number of carbonyl (C=O) groups is 2. The Morgan fingerprint density at radius 3 is 1.28 bits per heavy atom. The van der Waals surface area contributed by atoms with Crippen LogP contribution in [-0.4, -0.2) is 60.9 Å². The van der Waals surface area contributed by atoms with Crippen LogP contribution in [0.2, 0.25) is 0 Å². The summed E-state index contributed by atoms with van der Waals surface area (Å²) in [6.07, 6.45) is 0. The van der Waals surface area contributed by atoms with Gasteiger partial charge in [-0.15, -0.1) is 0 Å². The highest BCUT2D eigenvalue weighted by atomic mass is 32.2. The Labute approximate surface area is 104 Å². The Balaban J connectivity index is 2.45. The molecule has 2 aliphatic rings. The lowest BCUT2D eigenvalue weighted by Crippen LogP contribution is -2.52. The topological polar surface area (TPSA) is 109 Å². The number of nitrogens with zero attached hydrogens (tertiary/aromatic N) is 2. The van der Waals surface area contributed by atoms with Crippen LogP contribution in [0.5, 0.6) is 0 Å². The van der Waals surface area contributed by atoms with Crippen molar-refractivity contribution in [2.45, 2.75) is 24.6 Å². The van der Waals surface area contributed by atoms with Gasteiger partial charge in [0.2, 0.25) is 0 Å². The Morgan fingerprint density at radius 2 is 1.11 bits per heavy atom. The molecule has 8 nitrogen and oxygen atoms in total. The van der Waals surface area contributed by atoms with Gasteiger partial charge in [0.15, 0.2) is 30.4 Å². The van der Waals surface area contributed by atoms with Crippen LogP contribution in [0.4, 0.5) is 0 Å². The molecule has 18 heavy (non-hydrogen) atoms. The first-order valence-electron chi connectivity index (χ1n) is 5.15. The Bertz CT molecular complexity index is 566. The molecule has 2 aliphatic heterocycles. The zero-order valence-corrected chi connectivity index (χ0v) is 11.4. The second-order valence-electron chi connectivity index (χ2n) is 4.29. The van der Waals surface area contributed by atoms with Crippen molar-refractivity contribution in [3.8, 4) is 0 Å². The molecule has 2 atom stereocenters. The third-order valence-electron chi connectivity index (χ3n) is 3.12. The number of amides is 2. The normalized spacial score (nSPS) is 34.3. The van der Waals surface area contributed by atoms with Crippen LogP contribution in [0, 0.1) is 0 Å². The Kier molecular flexibility index (Phi) is 2.71. The summed E-state index contributed by atoms with van der Waals surface area (Å²) in [5.41, 5.74) is 0. The van der Waals surface area contributed by atoms with E-state index in [1.54, 1.807) is 0 Å². The summed E-state index contributed by atoms with van der Waals surface area (Å²) in [7, 11) is -7.31. The van der Waals surface area contributed by atoms with Gasteiger partial charge in [-0.05, 0) is 13.8 Å². The number of rotatable bonds is 1. The second kappa shape index (κ2) is 3.67. The first-order valence-corrected chi connectivity index (χ1v) is 8.58. The number of sulfone groups is 2. The van der Waals surface area contributed by atoms with Gasteiger partial charge in [-0.2, -0.15) is 0 Å². The van der Waals surface area contributed by atoms with Crippen molar-refractivity contribution in [3.63, 3.8) is 0 Å². The highest BCUT2D eigenvalue weighted by molar-refractivity contribution is 7.93. The van der Waals surface area contributed by atoms with Gasteiger partial charge in [0.1, 0.15) is 11.5 Å². The second-order valence-corrected chi connectivity index (χ2v) is 8.88. The van der Waals surface area contributed by atoms with Crippen molar-refractivity contribution < 1.29 is 26.4 Å². The van der Waals surface area contributed by atoms with Gasteiger partial charge in [0, 0.05) is 0 Å². The van der Waals surface area contributed by atoms with Crippen molar-refractivity contribution in [2.24, 2.45) is 0 Å². The van der Waals surface area contributed by atoms with Crippen LogP contribution >= 0.6 is 0 Å². The molecule has 0 saturated carbocycles. The molecule has 0 radical (unpaired) electrons. The first kappa shape index (κ1) is 13.3. The third-order valence-corrected chi connectivity index (χ3v) is 6.90. The summed E-state index contributed by atoms with van der Waals surface area (Å²) in [4.78, 5) is 23.3. The van der Waals surface area contributed by atoms with E-state index in [2.05, 4.69) is 0 Å². The van der Waals surface area contributed by atoms with Crippen molar-refractivity contribution >= 4 is 31.5 Å². The molecule has 2 fully saturated rings.